The molecule has 1 aliphatic heterocycles. The van der Waals surface area contributed by atoms with Crippen molar-refractivity contribution in [3.8, 4) is 0 Å². The lowest BCUT2D eigenvalue weighted by atomic mass is 10.2. The highest BCUT2D eigenvalue weighted by Crippen LogP contribution is 2.37. The Morgan fingerprint density at radius 1 is 1.57 bits per heavy atom. The number of nitro groups is 1. The SMILES string of the molecule is CN(C)CC1CCCN1S(=O)(=O)c1cc([N+](=O)[O-])c(N)s1. The molecule has 0 saturated carbocycles. The van der Waals surface area contributed by atoms with Gasteiger partial charge in [-0.05, 0) is 26.9 Å². The number of anilines is 1. The van der Waals surface area contributed by atoms with Gasteiger partial charge in [0.2, 0.25) is 0 Å². The summed E-state index contributed by atoms with van der Waals surface area (Å²) in [5.41, 5.74) is 5.19. The third-order valence-corrected chi connectivity index (χ3v) is 6.73. The van der Waals surface area contributed by atoms with Crippen LogP contribution in [0.2, 0.25) is 0 Å². The molecule has 0 bridgehead atoms. The van der Waals surface area contributed by atoms with Crippen LogP contribution in [-0.2, 0) is 10.0 Å². The lowest BCUT2D eigenvalue weighted by Crippen LogP contribution is -2.40. The molecule has 1 atom stereocenters. The lowest BCUT2D eigenvalue weighted by molar-refractivity contribution is -0.383. The van der Waals surface area contributed by atoms with Gasteiger partial charge in [0, 0.05) is 25.2 Å². The summed E-state index contributed by atoms with van der Waals surface area (Å²) in [5, 5.41) is 10.7. The van der Waals surface area contributed by atoms with Crippen molar-refractivity contribution in [2.24, 2.45) is 0 Å². The highest BCUT2D eigenvalue weighted by atomic mass is 32.2. The molecule has 10 heteroatoms. The van der Waals surface area contributed by atoms with Gasteiger partial charge in [0.25, 0.3) is 10.0 Å². The van der Waals surface area contributed by atoms with E-state index in [1.54, 1.807) is 0 Å². The molecule has 1 aliphatic rings. The van der Waals surface area contributed by atoms with Gasteiger partial charge in [0.1, 0.15) is 4.21 Å². The summed E-state index contributed by atoms with van der Waals surface area (Å²) in [6, 6.07) is 0.952. The Morgan fingerprint density at radius 2 is 2.24 bits per heavy atom. The first-order valence-electron chi connectivity index (χ1n) is 6.43. The van der Waals surface area contributed by atoms with Crippen molar-refractivity contribution in [3.05, 3.63) is 16.2 Å². The predicted molar refractivity (Wildman–Crippen MR) is 80.9 cm³/mol. The van der Waals surface area contributed by atoms with Crippen LogP contribution >= 0.6 is 11.3 Å². The molecule has 2 N–H and O–H groups in total. The zero-order valence-electron chi connectivity index (χ0n) is 11.9. The molecule has 1 aromatic heterocycles. The van der Waals surface area contributed by atoms with Crippen LogP contribution in [0.5, 0.6) is 0 Å². The quantitative estimate of drug-likeness (QED) is 0.634. The fourth-order valence-electron chi connectivity index (χ4n) is 2.49. The molecule has 0 spiro atoms. The van der Waals surface area contributed by atoms with Crippen molar-refractivity contribution >= 4 is 32.0 Å². The van der Waals surface area contributed by atoms with E-state index in [9.17, 15) is 18.5 Å². The molecular formula is C11H18N4O4S2. The van der Waals surface area contributed by atoms with Crippen molar-refractivity contribution in [2.45, 2.75) is 23.1 Å². The van der Waals surface area contributed by atoms with Gasteiger partial charge in [0.05, 0.1) is 4.92 Å². The number of thiophene rings is 1. The van der Waals surface area contributed by atoms with Gasteiger partial charge < -0.3 is 10.6 Å². The Morgan fingerprint density at radius 3 is 2.76 bits per heavy atom. The number of likely N-dealkylation sites (N-methyl/N-ethyl adjacent to an activating group) is 1. The van der Waals surface area contributed by atoms with E-state index in [0.29, 0.717) is 13.1 Å². The van der Waals surface area contributed by atoms with Crippen molar-refractivity contribution in [1.29, 1.82) is 0 Å². The summed E-state index contributed by atoms with van der Waals surface area (Å²) in [7, 11) is 0.0441. The number of hydrogen-bond acceptors (Lipinski definition) is 7. The molecule has 1 aromatic rings. The van der Waals surface area contributed by atoms with E-state index in [0.717, 1.165) is 30.2 Å². The number of nitrogen functional groups attached to an aromatic ring is 1. The van der Waals surface area contributed by atoms with E-state index in [1.165, 1.54) is 4.31 Å². The zero-order valence-corrected chi connectivity index (χ0v) is 13.5. The molecular weight excluding hydrogens is 316 g/mol. The fraction of sp³-hybridized carbons (Fsp3) is 0.636. The maximum absolute atomic E-state index is 12.7. The average Bonchev–Trinajstić information content (AvgIpc) is 2.95. The molecule has 1 unspecified atom stereocenters. The molecule has 21 heavy (non-hydrogen) atoms. The molecule has 1 saturated heterocycles. The lowest BCUT2D eigenvalue weighted by Gasteiger charge is -2.25. The summed E-state index contributed by atoms with van der Waals surface area (Å²) in [6.45, 7) is 1.06. The van der Waals surface area contributed by atoms with Gasteiger partial charge in [-0.1, -0.05) is 11.3 Å². The van der Waals surface area contributed by atoms with Crippen molar-refractivity contribution in [3.63, 3.8) is 0 Å². The smallest absolute Gasteiger partial charge is 0.304 e. The van der Waals surface area contributed by atoms with E-state index in [1.807, 2.05) is 19.0 Å². The van der Waals surface area contributed by atoms with E-state index >= 15 is 0 Å². The molecule has 118 valence electrons. The van der Waals surface area contributed by atoms with Gasteiger partial charge in [-0.3, -0.25) is 10.1 Å². The van der Waals surface area contributed by atoms with Gasteiger partial charge in [0.15, 0.2) is 5.00 Å². The van der Waals surface area contributed by atoms with E-state index in [-0.39, 0.29) is 20.9 Å². The molecule has 2 heterocycles. The maximum atomic E-state index is 12.7. The topological polar surface area (TPSA) is 110 Å². The van der Waals surface area contributed by atoms with E-state index in [2.05, 4.69) is 0 Å². The molecule has 0 amide bonds. The first-order chi connectivity index (χ1) is 9.73. The number of sulfonamides is 1. The molecule has 8 nitrogen and oxygen atoms in total. The molecule has 2 rings (SSSR count). The Labute approximate surface area is 127 Å². The first kappa shape index (κ1) is 16.1. The summed E-state index contributed by atoms with van der Waals surface area (Å²) in [6.07, 6.45) is 1.58. The summed E-state index contributed by atoms with van der Waals surface area (Å²) in [5.74, 6) is 0. The monoisotopic (exact) mass is 334 g/mol. The number of nitrogens with zero attached hydrogens (tertiary/aromatic N) is 3. The number of hydrogen-bond donors (Lipinski definition) is 1. The standard InChI is InChI=1S/C11H18N4O4S2/c1-13(2)7-8-4-3-5-14(8)21(18,19)10-6-9(15(16)17)11(12)20-10/h6,8H,3-5,7,12H2,1-2H3. The Kier molecular flexibility index (Phi) is 4.51. The third-order valence-electron chi connectivity index (χ3n) is 3.38. The molecule has 1 fully saturated rings. The minimum Gasteiger partial charge on any atom is -0.385 e. The minimum atomic E-state index is -3.73. The number of nitrogens with two attached hydrogens (primary N) is 1. The fourth-order valence-corrected chi connectivity index (χ4v) is 5.52. The average molecular weight is 334 g/mol. The highest BCUT2D eigenvalue weighted by molar-refractivity contribution is 7.91. The van der Waals surface area contributed by atoms with E-state index < -0.39 is 14.9 Å². The van der Waals surface area contributed by atoms with Gasteiger partial charge in [-0.15, -0.1) is 0 Å². The van der Waals surface area contributed by atoms with Crippen LogP contribution in [0.25, 0.3) is 0 Å². The van der Waals surface area contributed by atoms with Gasteiger partial charge in [-0.2, -0.15) is 4.31 Å². The maximum Gasteiger partial charge on any atom is 0.304 e. The molecule has 0 aromatic carbocycles. The second-order valence-corrected chi connectivity index (χ2v) is 8.45. The van der Waals surface area contributed by atoms with Crippen molar-refractivity contribution in [1.82, 2.24) is 9.21 Å². The second kappa shape index (κ2) is 5.87. The van der Waals surface area contributed by atoms with Crippen LogP contribution in [0.15, 0.2) is 10.3 Å². The van der Waals surface area contributed by atoms with Gasteiger partial charge in [-0.25, -0.2) is 8.42 Å². The minimum absolute atomic E-state index is 0.0580. The van der Waals surface area contributed by atoms with Crippen LogP contribution in [0.3, 0.4) is 0 Å². The van der Waals surface area contributed by atoms with Crippen LogP contribution in [-0.4, -0.2) is 55.8 Å². The van der Waals surface area contributed by atoms with Crippen LogP contribution in [0, 0.1) is 10.1 Å². The first-order valence-corrected chi connectivity index (χ1v) is 8.69. The van der Waals surface area contributed by atoms with Crippen LogP contribution in [0.4, 0.5) is 10.7 Å². The Bertz CT molecular complexity index is 641. The predicted octanol–water partition coefficient (Wildman–Crippen LogP) is 0.953. The highest BCUT2D eigenvalue weighted by Gasteiger charge is 2.37. The Balaban J connectivity index is 2.33. The van der Waals surface area contributed by atoms with Gasteiger partial charge >= 0.3 is 5.69 Å². The van der Waals surface area contributed by atoms with Crippen molar-refractivity contribution < 1.29 is 13.3 Å². The van der Waals surface area contributed by atoms with E-state index in [4.69, 9.17) is 5.73 Å². The second-order valence-electron chi connectivity index (χ2n) is 5.25. The van der Waals surface area contributed by atoms with Crippen LogP contribution in [0.1, 0.15) is 12.8 Å². The summed E-state index contributed by atoms with van der Waals surface area (Å²) < 4.78 is 26.7. The third kappa shape index (κ3) is 3.18. The van der Waals surface area contributed by atoms with Crippen molar-refractivity contribution in [2.75, 3.05) is 32.9 Å². The molecule has 0 radical (unpaired) electrons. The summed E-state index contributed by atoms with van der Waals surface area (Å²) >= 11 is 0.750. The normalized spacial score (nSPS) is 20.2. The number of rotatable bonds is 5. The van der Waals surface area contributed by atoms with Crippen LogP contribution < -0.4 is 5.73 Å². The largest absolute Gasteiger partial charge is 0.385 e. The summed E-state index contributed by atoms with van der Waals surface area (Å²) in [4.78, 5) is 12.1. The Hall–Kier alpha value is -1.23. The zero-order chi connectivity index (χ0) is 15.8. The molecule has 0 aliphatic carbocycles.